The summed E-state index contributed by atoms with van der Waals surface area (Å²) in [5.74, 6) is 0. The van der Waals surface area contributed by atoms with Gasteiger partial charge in [-0.15, -0.1) is 0 Å². The second-order valence-corrected chi connectivity index (χ2v) is 20.1. The zero-order valence-electron chi connectivity index (χ0n) is 42.0. The molecule has 382 valence electrons. The van der Waals surface area contributed by atoms with Crippen LogP contribution in [0.4, 0.5) is 26.3 Å². The van der Waals surface area contributed by atoms with Gasteiger partial charge in [-0.2, -0.15) is 31.6 Å². The summed E-state index contributed by atoms with van der Waals surface area (Å²) in [6.07, 6.45) is -10.4. The van der Waals surface area contributed by atoms with E-state index in [2.05, 4.69) is 75.9 Å². The molecule has 0 radical (unpaired) electrons. The largest absolute Gasteiger partial charge is 0.417 e. The molecule has 11 heteroatoms. The van der Waals surface area contributed by atoms with Crippen LogP contribution in [0.3, 0.4) is 0 Å². The highest BCUT2D eigenvalue weighted by molar-refractivity contribution is 6.15. The molecule has 0 aliphatic heterocycles. The molecule has 15 rings (SSSR count). The summed E-state index contributed by atoms with van der Waals surface area (Å²) in [6.45, 7) is 0. The Kier molecular flexibility index (Phi) is 10.2. The summed E-state index contributed by atoms with van der Waals surface area (Å²) in [5, 5.41) is 18.5. The summed E-state index contributed by atoms with van der Waals surface area (Å²) >= 11 is 0. The van der Waals surface area contributed by atoms with Crippen molar-refractivity contribution >= 4 is 87.2 Å². The number of benzene rings is 11. The third kappa shape index (κ3) is 6.98. The summed E-state index contributed by atoms with van der Waals surface area (Å²) in [6, 6.07) is 74.7. The number of hydrogen-bond donors (Lipinski definition) is 0. The van der Waals surface area contributed by atoms with Gasteiger partial charge in [0, 0.05) is 71.3 Å². The molecule has 0 saturated carbocycles. The van der Waals surface area contributed by atoms with Crippen LogP contribution in [0.5, 0.6) is 0 Å². The molecule has 0 aliphatic carbocycles. The van der Waals surface area contributed by atoms with Crippen molar-refractivity contribution in [1.82, 2.24) is 18.3 Å². The Morgan fingerprint density at radius 2 is 0.637 bits per heavy atom. The highest BCUT2D eigenvalue weighted by Gasteiger charge is 2.42. The lowest BCUT2D eigenvalue weighted by atomic mass is 9.86. The fourth-order valence-corrected chi connectivity index (χ4v) is 12.6. The first-order valence-electron chi connectivity index (χ1n) is 26.0. The smallest absolute Gasteiger partial charge is 0.309 e. The number of nitriles is 1. The van der Waals surface area contributed by atoms with Crippen molar-refractivity contribution in [3.05, 3.63) is 253 Å². The lowest BCUT2D eigenvalue weighted by Crippen LogP contribution is -2.14. The molecule has 15 aromatic rings. The maximum absolute atomic E-state index is 15.5. The second-order valence-electron chi connectivity index (χ2n) is 20.1. The maximum atomic E-state index is 15.5. The molecule has 0 amide bonds. The van der Waals surface area contributed by atoms with Crippen LogP contribution in [-0.4, -0.2) is 18.3 Å². The zero-order valence-corrected chi connectivity index (χ0v) is 42.0. The molecule has 5 nitrogen and oxygen atoms in total. The molecule has 4 heterocycles. The van der Waals surface area contributed by atoms with Crippen molar-refractivity contribution in [1.29, 1.82) is 5.26 Å². The van der Waals surface area contributed by atoms with Gasteiger partial charge in [-0.25, -0.2) is 0 Å². The van der Waals surface area contributed by atoms with Gasteiger partial charge in [0.15, 0.2) is 0 Å². The normalized spacial score (nSPS) is 12.4. The monoisotopic (exact) mass is 1050 g/mol. The average molecular weight is 1050 g/mol. The summed E-state index contributed by atoms with van der Waals surface area (Å²) < 4.78 is 101. The Labute approximate surface area is 451 Å². The molecule has 11 aromatic carbocycles. The van der Waals surface area contributed by atoms with Gasteiger partial charge in [-0.3, -0.25) is 0 Å². The molecule has 4 aromatic heterocycles. The van der Waals surface area contributed by atoms with Crippen molar-refractivity contribution in [3.8, 4) is 51.1 Å². The highest BCUT2D eigenvalue weighted by Crippen LogP contribution is 2.50. The molecule has 0 bridgehead atoms. The van der Waals surface area contributed by atoms with E-state index >= 15 is 26.3 Å². The molecule has 0 fully saturated rings. The molecular formula is C69H39F6N5. The average Bonchev–Trinajstić information content (AvgIpc) is 4.30. The van der Waals surface area contributed by atoms with Gasteiger partial charge in [0.25, 0.3) is 0 Å². The van der Waals surface area contributed by atoms with Gasteiger partial charge >= 0.3 is 12.4 Å². The van der Waals surface area contributed by atoms with Gasteiger partial charge < -0.3 is 18.3 Å². The molecule has 0 aliphatic rings. The van der Waals surface area contributed by atoms with Crippen molar-refractivity contribution in [2.45, 2.75) is 12.4 Å². The van der Waals surface area contributed by atoms with E-state index in [1.807, 2.05) is 130 Å². The van der Waals surface area contributed by atoms with Crippen LogP contribution in [0.2, 0.25) is 0 Å². The van der Waals surface area contributed by atoms with E-state index in [1.54, 1.807) is 30.3 Å². The van der Waals surface area contributed by atoms with Crippen LogP contribution in [0.15, 0.2) is 237 Å². The van der Waals surface area contributed by atoms with E-state index in [9.17, 15) is 5.26 Å². The number of hydrogen-bond acceptors (Lipinski definition) is 1. The Balaban J connectivity index is 1.01. The topological polar surface area (TPSA) is 43.5 Å². The predicted molar refractivity (Wildman–Crippen MR) is 309 cm³/mol. The number of rotatable bonds is 6. The van der Waals surface area contributed by atoms with Gasteiger partial charge in [0.1, 0.15) is 0 Å². The SMILES string of the molecule is N#Cc1ccc(-n2c3ccccc3c3cc(-n4c5ccccc5c5ccccc54)ccc32)c(-c2cc(-n3c4ccccc4c4cc(-n5c6ccccc6c6ccccc65)ccc43)ccc2-c2c(C(F)(F)F)cccc2C(F)(F)F)c1. The Hall–Kier alpha value is -10.3. The standard InChI is InChI=1S/C69H39F6N5/c70-68(71,72)56-20-13-21-57(69(73,74)75)67(56)51-32-29-42(79-62-26-11-5-18-49(62)54-38-43(30-34-64(54)79)77-58-22-7-1-14-45(58)46-15-2-8-23-59(46)77)37-52(51)53-36-41(40-76)28-33-65(53)80-63-27-12-6-19-50(63)55-39-44(31-35-66(55)80)78-60-24-9-3-16-47(60)48-17-4-10-25-61(48)78/h1-39H. The van der Waals surface area contributed by atoms with E-state index < -0.39 is 29.0 Å². The number of halogens is 6. The van der Waals surface area contributed by atoms with Crippen LogP contribution in [0.25, 0.3) is 132 Å². The number of nitrogens with zero attached hydrogens (tertiary/aromatic N) is 5. The van der Waals surface area contributed by atoms with E-state index in [4.69, 9.17) is 0 Å². The van der Waals surface area contributed by atoms with Crippen LogP contribution in [0.1, 0.15) is 16.7 Å². The first-order valence-corrected chi connectivity index (χ1v) is 26.0. The summed E-state index contributed by atoms with van der Waals surface area (Å²) in [5.41, 5.74) is 6.03. The summed E-state index contributed by atoms with van der Waals surface area (Å²) in [7, 11) is 0. The van der Waals surface area contributed by atoms with Crippen molar-refractivity contribution in [2.24, 2.45) is 0 Å². The van der Waals surface area contributed by atoms with Crippen molar-refractivity contribution < 1.29 is 26.3 Å². The van der Waals surface area contributed by atoms with Crippen LogP contribution >= 0.6 is 0 Å². The van der Waals surface area contributed by atoms with Gasteiger partial charge in [0.2, 0.25) is 0 Å². The lowest BCUT2D eigenvalue weighted by molar-refractivity contribution is -0.142. The fourth-order valence-electron chi connectivity index (χ4n) is 12.6. The van der Waals surface area contributed by atoms with E-state index in [1.165, 1.54) is 6.07 Å². The predicted octanol–water partition coefficient (Wildman–Crippen LogP) is 19.3. The maximum Gasteiger partial charge on any atom is 0.417 e. The minimum atomic E-state index is -5.19. The van der Waals surface area contributed by atoms with Gasteiger partial charge in [-0.1, -0.05) is 121 Å². The molecule has 0 unspecified atom stereocenters. The first kappa shape index (κ1) is 46.9. The number of para-hydroxylation sites is 6. The minimum absolute atomic E-state index is 0.0532. The lowest BCUT2D eigenvalue weighted by Gasteiger charge is -2.23. The van der Waals surface area contributed by atoms with E-state index in [0.717, 1.165) is 105 Å². The van der Waals surface area contributed by atoms with E-state index in [0.29, 0.717) is 23.5 Å². The highest BCUT2D eigenvalue weighted by atomic mass is 19.4. The van der Waals surface area contributed by atoms with E-state index in [-0.39, 0.29) is 22.3 Å². The molecule has 0 saturated heterocycles. The molecule has 80 heavy (non-hydrogen) atoms. The van der Waals surface area contributed by atoms with Crippen molar-refractivity contribution in [3.63, 3.8) is 0 Å². The quantitative estimate of drug-likeness (QED) is 0.153. The summed E-state index contributed by atoms with van der Waals surface area (Å²) in [4.78, 5) is 0. The number of aromatic nitrogens is 4. The third-order valence-electron chi connectivity index (χ3n) is 15.9. The number of alkyl halides is 6. The Morgan fingerprint density at radius 3 is 1.05 bits per heavy atom. The minimum Gasteiger partial charge on any atom is -0.309 e. The van der Waals surface area contributed by atoms with Gasteiger partial charge in [-0.05, 0) is 126 Å². The first-order chi connectivity index (χ1) is 38.9. The fraction of sp³-hybridized carbons (Fsp3) is 0.0290. The van der Waals surface area contributed by atoms with Crippen LogP contribution < -0.4 is 0 Å². The molecular weight excluding hydrogens is 1010 g/mol. The van der Waals surface area contributed by atoms with Crippen molar-refractivity contribution in [2.75, 3.05) is 0 Å². The second kappa shape index (κ2) is 17.3. The molecule has 0 N–H and O–H groups in total. The third-order valence-corrected chi connectivity index (χ3v) is 15.9. The van der Waals surface area contributed by atoms with Crippen LogP contribution in [-0.2, 0) is 12.4 Å². The Morgan fingerprint density at radius 1 is 0.287 bits per heavy atom. The zero-order chi connectivity index (χ0) is 54.2. The molecule has 0 spiro atoms. The Bertz CT molecular complexity index is 5000. The number of fused-ring (bicyclic) bond motifs is 12. The van der Waals surface area contributed by atoms with Gasteiger partial charge in [0.05, 0.1) is 72.6 Å². The molecule has 0 atom stereocenters. The van der Waals surface area contributed by atoms with Crippen LogP contribution in [0, 0.1) is 11.3 Å².